The number of hydrogen-bond donors (Lipinski definition) is 1. The van der Waals surface area contributed by atoms with E-state index in [1.165, 1.54) is 0 Å². The van der Waals surface area contributed by atoms with E-state index in [0.29, 0.717) is 12.3 Å². The Balaban J connectivity index is 2.57. The highest BCUT2D eigenvalue weighted by atomic mass is 16.5. The number of carbonyl (C=O) groups excluding carboxylic acids is 1. The first-order chi connectivity index (χ1) is 7.27. The van der Waals surface area contributed by atoms with Crippen LogP contribution in [0.25, 0.3) is 0 Å². The van der Waals surface area contributed by atoms with Crippen molar-refractivity contribution in [1.29, 1.82) is 0 Å². The molecule has 0 bridgehead atoms. The molecule has 0 aliphatic carbocycles. The summed E-state index contributed by atoms with van der Waals surface area (Å²) in [4.78, 5) is 21.4. The Bertz CT molecular complexity index is 352. The van der Waals surface area contributed by atoms with Gasteiger partial charge in [-0.1, -0.05) is 12.1 Å². The number of para-hydroxylation sites is 1. The first-order valence-electron chi connectivity index (χ1n) is 4.59. The van der Waals surface area contributed by atoms with Crippen LogP contribution in [-0.2, 0) is 9.53 Å². The van der Waals surface area contributed by atoms with E-state index in [2.05, 4.69) is 10.5 Å². The zero-order chi connectivity index (χ0) is 11.1. The van der Waals surface area contributed by atoms with E-state index in [4.69, 9.17) is 4.74 Å². The van der Waals surface area contributed by atoms with Gasteiger partial charge in [0.2, 0.25) is 0 Å². The maximum Gasteiger partial charge on any atom is 0.325 e. The van der Waals surface area contributed by atoms with E-state index in [1.54, 1.807) is 31.2 Å². The number of carbonyl (C=O) groups is 1. The lowest BCUT2D eigenvalue weighted by atomic mass is 10.3. The Morgan fingerprint density at radius 2 is 2.20 bits per heavy atom. The molecule has 0 atom stereocenters. The normalized spacial score (nSPS) is 9.40. The summed E-state index contributed by atoms with van der Waals surface area (Å²) in [6.07, 6.45) is 0. The van der Waals surface area contributed by atoms with Crippen molar-refractivity contribution in [1.82, 2.24) is 0 Å². The van der Waals surface area contributed by atoms with Gasteiger partial charge in [-0.2, -0.15) is 0 Å². The Kier molecular flexibility index (Phi) is 4.28. The molecule has 0 amide bonds. The van der Waals surface area contributed by atoms with E-state index in [0.717, 1.165) is 0 Å². The number of hydrogen-bond acceptors (Lipinski definition) is 5. The van der Waals surface area contributed by atoms with Crippen molar-refractivity contribution in [3.8, 4) is 0 Å². The van der Waals surface area contributed by atoms with Crippen molar-refractivity contribution in [3.05, 3.63) is 29.2 Å². The van der Waals surface area contributed by atoms with Crippen LogP contribution < -0.4 is 5.32 Å². The van der Waals surface area contributed by atoms with Crippen molar-refractivity contribution < 1.29 is 9.53 Å². The summed E-state index contributed by atoms with van der Waals surface area (Å²) < 4.78 is 4.73. The maximum atomic E-state index is 11.0. The number of nitrogens with one attached hydrogen (secondary N) is 1. The molecule has 0 aliphatic rings. The minimum atomic E-state index is -0.363. The van der Waals surface area contributed by atoms with Crippen LogP contribution in [0.3, 0.4) is 0 Å². The molecule has 1 aromatic carbocycles. The molecule has 1 N–H and O–H groups in total. The smallest absolute Gasteiger partial charge is 0.325 e. The fourth-order valence-electron chi connectivity index (χ4n) is 1.08. The van der Waals surface area contributed by atoms with Gasteiger partial charge in [0.15, 0.2) is 0 Å². The molecule has 1 rings (SSSR count). The average molecular weight is 208 g/mol. The fraction of sp³-hybridized carbons (Fsp3) is 0.300. The number of ether oxygens (including phenoxy) is 1. The minimum absolute atomic E-state index is 0.0281. The van der Waals surface area contributed by atoms with Crippen LogP contribution in [0.1, 0.15) is 6.92 Å². The first kappa shape index (κ1) is 11.2. The Labute approximate surface area is 87.4 Å². The number of benzene rings is 1. The van der Waals surface area contributed by atoms with Crippen LogP contribution in [0.4, 0.5) is 11.4 Å². The van der Waals surface area contributed by atoms with E-state index < -0.39 is 0 Å². The van der Waals surface area contributed by atoms with Crippen molar-refractivity contribution in [2.45, 2.75) is 6.92 Å². The number of nitroso groups, excluding NO2 is 1. The van der Waals surface area contributed by atoms with Crippen molar-refractivity contribution >= 4 is 17.3 Å². The Hall–Kier alpha value is -1.91. The summed E-state index contributed by atoms with van der Waals surface area (Å²) in [5.41, 5.74) is 0.808. The third kappa shape index (κ3) is 3.38. The van der Waals surface area contributed by atoms with E-state index in [9.17, 15) is 9.70 Å². The number of rotatable bonds is 5. The van der Waals surface area contributed by atoms with Crippen LogP contribution in [0.5, 0.6) is 0 Å². The molecule has 0 aliphatic heterocycles. The average Bonchev–Trinajstić information content (AvgIpc) is 2.27. The highest BCUT2D eigenvalue weighted by Gasteiger charge is 2.04. The summed E-state index contributed by atoms with van der Waals surface area (Å²) in [5, 5.41) is 5.61. The van der Waals surface area contributed by atoms with E-state index >= 15 is 0 Å². The molecule has 15 heavy (non-hydrogen) atoms. The van der Waals surface area contributed by atoms with Crippen molar-refractivity contribution in [2.24, 2.45) is 5.18 Å². The second-order valence-corrected chi connectivity index (χ2v) is 2.77. The second kappa shape index (κ2) is 5.74. The molecule has 0 saturated carbocycles. The topological polar surface area (TPSA) is 67.8 Å². The van der Waals surface area contributed by atoms with Crippen molar-refractivity contribution in [3.63, 3.8) is 0 Å². The molecule has 5 heteroatoms. The molecule has 0 spiro atoms. The molecule has 0 saturated heterocycles. The zero-order valence-corrected chi connectivity index (χ0v) is 8.40. The van der Waals surface area contributed by atoms with E-state index in [-0.39, 0.29) is 18.2 Å². The lowest BCUT2D eigenvalue weighted by Gasteiger charge is -2.06. The number of esters is 1. The van der Waals surface area contributed by atoms with Crippen LogP contribution in [0.2, 0.25) is 0 Å². The van der Waals surface area contributed by atoms with Crippen LogP contribution in [0, 0.1) is 4.91 Å². The van der Waals surface area contributed by atoms with Gasteiger partial charge in [0.05, 0.1) is 12.3 Å². The molecule has 0 radical (unpaired) electrons. The van der Waals surface area contributed by atoms with Gasteiger partial charge in [0.1, 0.15) is 12.2 Å². The molecular weight excluding hydrogens is 196 g/mol. The third-order valence-corrected chi connectivity index (χ3v) is 1.73. The second-order valence-electron chi connectivity index (χ2n) is 2.77. The third-order valence-electron chi connectivity index (χ3n) is 1.73. The Morgan fingerprint density at radius 1 is 1.47 bits per heavy atom. The summed E-state index contributed by atoms with van der Waals surface area (Å²) in [7, 11) is 0. The predicted octanol–water partition coefficient (Wildman–Crippen LogP) is 2.06. The van der Waals surface area contributed by atoms with Gasteiger partial charge in [-0.05, 0) is 24.2 Å². The van der Waals surface area contributed by atoms with Gasteiger partial charge in [0.25, 0.3) is 0 Å². The molecule has 0 aromatic heterocycles. The van der Waals surface area contributed by atoms with Crippen molar-refractivity contribution in [2.75, 3.05) is 18.5 Å². The largest absolute Gasteiger partial charge is 0.465 e. The lowest BCUT2D eigenvalue weighted by molar-refractivity contribution is -0.140. The highest BCUT2D eigenvalue weighted by Crippen LogP contribution is 2.23. The quantitative estimate of drug-likeness (QED) is 0.594. The van der Waals surface area contributed by atoms with Gasteiger partial charge in [-0.25, -0.2) is 0 Å². The SMILES string of the molecule is CCOC(=O)CNc1ccccc1N=O. The summed E-state index contributed by atoms with van der Waals surface area (Å²) in [6.45, 7) is 2.10. The Morgan fingerprint density at radius 3 is 2.87 bits per heavy atom. The molecular formula is C10H12N2O3. The minimum Gasteiger partial charge on any atom is -0.465 e. The maximum absolute atomic E-state index is 11.0. The molecule has 80 valence electrons. The van der Waals surface area contributed by atoms with Gasteiger partial charge in [0, 0.05) is 0 Å². The van der Waals surface area contributed by atoms with Gasteiger partial charge in [-0.15, -0.1) is 4.91 Å². The van der Waals surface area contributed by atoms with Crippen LogP contribution >= 0.6 is 0 Å². The van der Waals surface area contributed by atoms with Gasteiger partial charge in [-0.3, -0.25) is 4.79 Å². The molecule has 1 aromatic rings. The molecule has 0 fully saturated rings. The fourth-order valence-corrected chi connectivity index (χ4v) is 1.08. The monoisotopic (exact) mass is 208 g/mol. The van der Waals surface area contributed by atoms with Gasteiger partial charge >= 0.3 is 5.97 Å². The molecule has 0 heterocycles. The number of nitrogens with zero attached hydrogens (tertiary/aromatic N) is 1. The molecule has 0 unspecified atom stereocenters. The summed E-state index contributed by atoms with van der Waals surface area (Å²) in [5.74, 6) is -0.363. The van der Waals surface area contributed by atoms with Gasteiger partial charge < -0.3 is 10.1 Å². The molecule has 5 nitrogen and oxygen atoms in total. The number of anilines is 1. The summed E-state index contributed by atoms with van der Waals surface area (Å²) in [6, 6.07) is 6.70. The predicted molar refractivity (Wildman–Crippen MR) is 57.0 cm³/mol. The zero-order valence-electron chi connectivity index (χ0n) is 8.40. The highest BCUT2D eigenvalue weighted by molar-refractivity contribution is 5.77. The summed E-state index contributed by atoms with van der Waals surface area (Å²) >= 11 is 0. The van der Waals surface area contributed by atoms with Crippen LogP contribution in [0.15, 0.2) is 29.4 Å². The van der Waals surface area contributed by atoms with Crippen LogP contribution in [-0.4, -0.2) is 19.1 Å². The lowest BCUT2D eigenvalue weighted by Crippen LogP contribution is -2.16. The van der Waals surface area contributed by atoms with E-state index in [1.807, 2.05) is 0 Å². The first-order valence-corrected chi connectivity index (χ1v) is 4.59. The standard InChI is InChI=1S/C10H12N2O3/c1-2-15-10(13)7-11-8-5-3-4-6-9(8)12-14/h3-6,11H,2,7H2,1H3.